The first kappa shape index (κ1) is 16.8. The molecule has 1 heterocycles. The van der Waals surface area contributed by atoms with Crippen LogP contribution in [0.1, 0.15) is 27.7 Å². The number of hydrogen-bond acceptors (Lipinski definition) is 3. The maximum atomic E-state index is 12.0. The Bertz CT molecular complexity index is 634. The molecule has 0 saturated carbocycles. The lowest BCUT2D eigenvalue weighted by molar-refractivity contribution is 0.233. The molecule has 122 valence electrons. The first-order valence-electron chi connectivity index (χ1n) is 7.60. The quantitative estimate of drug-likeness (QED) is 0.877. The summed E-state index contributed by atoms with van der Waals surface area (Å²) in [6, 6.07) is 10.7. The Balaban J connectivity index is 1.91. The Morgan fingerprint density at radius 2 is 1.83 bits per heavy atom. The Hall–Kier alpha value is -2.56. The van der Waals surface area contributed by atoms with Crippen molar-refractivity contribution in [3.8, 4) is 11.5 Å². The van der Waals surface area contributed by atoms with E-state index in [9.17, 15) is 4.79 Å². The van der Waals surface area contributed by atoms with E-state index in [-0.39, 0.29) is 17.5 Å². The topological polar surface area (TPSA) is 63.2 Å². The highest BCUT2D eigenvalue weighted by Crippen LogP contribution is 2.22. The second-order valence-corrected chi connectivity index (χ2v) is 6.50. The van der Waals surface area contributed by atoms with Gasteiger partial charge in [0.2, 0.25) is 0 Å². The van der Waals surface area contributed by atoms with Crippen molar-refractivity contribution < 1.29 is 9.53 Å². The standard InChI is InChI=1S/C18H23N3O2/c1-13(18(2,3)4)20-17(22)21-14-7-9-15(10-8-14)23-16-6-5-11-19-12-16/h5-13H,1-4H3,(H2,20,21,22). The number of amides is 2. The number of carbonyl (C=O) groups is 1. The van der Waals surface area contributed by atoms with Crippen LogP contribution in [-0.2, 0) is 0 Å². The number of ether oxygens (including phenoxy) is 1. The fraction of sp³-hybridized carbons (Fsp3) is 0.333. The monoisotopic (exact) mass is 313 g/mol. The van der Waals surface area contributed by atoms with Gasteiger partial charge in [-0.25, -0.2) is 4.79 Å². The molecule has 5 heteroatoms. The van der Waals surface area contributed by atoms with Crippen LogP contribution in [0.5, 0.6) is 11.5 Å². The number of hydrogen-bond donors (Lipinski definition) is 2. The molecule has 2 amide bonds. The van der Waals surface area contributed by atoms with E-state index in [0.29, 0.717) is 17.2 Å². The van der Waals surface area contributed by atoms with Gasteiger partial charge in [-0.3, -0.25) is 4.98 Å². The van der Waals surface area contributed by atoms with Crippen LogP contribution in [0.15, 0.2) is 48.8 Å². The van der Waals surface area contributed by atoms with Crippen molar-refractivity contribution in [3.05, 3.63) is 48.8 Å². The van der Waals surface area contributed by atoms with Crippen molar-refractivity contribution >= 4 is 11.7 Å². The number of nitrogens with one attached hydrogen (secondary N) is 2. The number of rotatable bonds is 4. The van der Waals surface area contributed by atoms with E-state index < -0.39 is 0 Å². The zero-order chi connectivity index (χ0) is 16.9. The average molecular weight is 313 g/mol. The van der Waals surface area contributed by atoms with Crippen molar-refractivity contribution in [1.29, 1.82) is 0 Å². The minimum atomic E-state index is -0.214. The van der Waals surface area contributed by atoms with Gasteiger partial charge in [0, 0.05) is 17.9 Å². The summed E-state index contributed by atoms with van der Waals surface area (Å²) in [5, 5.41) is 5.75. The normalized spacial score (nSPS) is 12.3. The molecular formula is C18H23N3O2. The van der Waals surface area contributed by atoms with Crippen LogP contribution in [0.25, 0.3) is 0 Å². The molecule has 0 saturated heterocycles. The third-order valence-electron chi connectivity index (χ3n) is 3.63. The summed E-state index contributed by atoms with van der Waals surface area (Å²) < 4.78 is 5.66. The molecule has 5 nitrogen and oxygen atoms in total. The van der Waals surface area contributed by atoms with E-state index in [1.807, 2.05) is 19.1 Å². The molecule has 0 aliphatic heterocycles. The van der Waals surface area contributed by atoms with Crippen molar-refractivity contribution in [2.75, 3.05) is 5.32 Å². The fourth-order valence-corrected chi connectivity index (χ4v) is 1.73. The summed E-state index contributed by atoms with van der Waals surface area (Å²) in [7, 11) is 0. The van der Waals surface area contributed by atoms with Gasteiger partial charge in [0.25, 0.3) is 0 Å². The minimum absolute atomic E-state index is 0.0127. The maximum Gasteiger partial charge on any atom is 0.319 e. The molecule has 2 aromatic rings. The van der Waals surface area contributed by atoms with Crippen LogP contribution in [-0.4, -0.2) is 17.1 Å². The molecule has 2 N–H and O–H groups in total. The van der Waals surface area contributed by atoms with Gasteiger partial charge >= 0.3 is 6.03 Å². The van der Waals surface area contributed by atoms with Gasteiger partial charge < -0.3 is 15.4 Å². The minimum Gasteiger partial charge on any atom is -0.456 e. The molecule has 1 aromatic heterocycles. The Labute approximate surface area is 137 Å². The maximum absolute atomic E-state index is 12.0. The number of nitrogens with zero attached hydrogens (tertiary/aromatic N) is 1. The highest BCUT2D eigenvalue weighted by molar-refractivity contribution is 5.89. The van der Waals surface area contributed by atoms with Gasteiger partial charge in [-0.1, -0.05) is 20.8 Å². The Morgan fingerprint density at radius 1 is 1.13 bits per heavy atom. The first-order chi connectivity index (χ1) is 10.8. The third-order valence-corrected chi connectivity index (χ3v) is 3.63. The third kappa shape index (κ3) is 5.29. The summed E-state index contributed by atoms with van der Waals surface area (Å²) in [6.45, 7) is 8.25. The molecule has 0 aliphatic rings. The van der Waals surface area contributed by atoms with Crippen molar-refractivity contribution in [2.45, 2.75) is 33.7 Å². The summed E-state index contributed by atoms with van der Waals surface area (Å²) in [4.78, 5) is 16.0. The van der Waals surface area contributed by atoms with Crippen LogP contribution in [0.4, 0.5) is 10.5 Å². The second kappa shape index (κ2) is 7.13. The zero-order valence-corrected chi connectivity index (χ0v) is 14.0. The number of pyridine rings is 1. The SMILES string of the molecule is CC(NC(=O)Nc1ccc(Oc2cccnc2)cc1)C(C)(C)C. The predicted octanol–water partition coefficient (Wildman–Crippen LogP) is 4.43. The Kier molecular flexibility index (Phi) is 5.21. The molecule has 23 heavy (non-hydrogen) atoms. The lowest BCUT2D eigenvalue weighted by Crippen LogP contribution is -2.43. The lowest BCUT2D eigenvalue weighted by atomic mass is 9.88. The largest absolute Gasteiger partial charge is 0.456 e. The predicted molar refractivity (Wildman–Crippen MR) is 91.8 cm³/mol. The van der Waals surface area contributed by atoms with Crippen LogP contribution >= 0.6 is 0 Å². The van der Waals surface area contributed by atoms with Crippen LogP contribution in [0.3, 0.4) is 0 Å². The van der Waals surface area contributed by atoms with Crippen LogP contribution in [0.2, 0.25) is 0 Å². The van der Waals surface area contributed by atoms with E-state index in [1.54, 1.807) is 36.7 Å². The molecule has 0 fully saturated rings. The van der Waals surface area contributed by atoms with E-state index in [2.05, 4.69) is 36.4 Å². The number of urea groups is 1. The van der Waals surface area contributed by atoms with Gasteiger partial charge in [0.1, 0.15) is 11.5 Å². The molecule has 0 aliphatic carbocycles. The molecule has 2 rings (SSSR count). The highest BCUT2D eigenvalue weighted by Gasteiger charge is 2.21. The summed E-state index contributed by atoms with van der Waals surface area (Å²) in [6.07, 6.45) is 3.34. The van der Waals surface area contributed by atoms with Crippen LogP contribution < -0.4 is 15.4 Å². The summed E-state index contributed by atoms with van der Waals surface area (Å²) in [5.74, 6) is 1.36. The van der Waals surface area contributed by atoms with Gasteiger partial charge in [0.05, 0.1) is 6.20 Å². The molecular weight excluding hydrogens is 290 g/mol. The van der Waals surface area contributed by atoms with Gasteiger partial charge in [0.15, 0.2) is 0 Å². The van der Waals surface area contributed by atoms with Crippen molar-refractivity contribution in [2.24, 2.45) is 5.41 Å². The molecule has 0 radical (unpaired) electrons. The molecule has 1 atom stereocenters. The molecule has 1 aromatic carbocycles. The van der Waals surface area contributed by atoms with Gasteiger partial charge in [-0.15, -0.1) is 0 Å². The lowest BCUT2D eigenvalue weighted by Gasteiger charge is -2.28. The number of anilines is 1. The average Bonchev–Trinajstić information content (AvgIpc) is 2.49. The zero-order valence-electron chi connectivity index (χ0n) is 14.0. The van der Waals surface area contributed by atoms with Gasteiger partial charge in [-0.2, -0.15) is 0 Å². The van der Waals surface area contributed by atoms with E-state index >= 15 is 0 Å². The molecule has 1 unspecified atom stereocenters. The first-order valence-corrected chi connectivity index (χ1v) is 7.60. The van der Waals surface area contributed by atoms with E-state index in [0.717, 1.165) is 0 Å². The molecule has 0 bridgehead atoms. The summed E-state index contributed by atoms with van der Waals surface area (Å²) in [5.41, 5.74) is 0.723. The number of carbonyl (C=O) groups excluding carboxylic acids is 1. The fourth-order valence-electron chi connectivity index (χ4n) is 1.73. The van der Waals surface area contributed by atoms with Crippen molar-refractivity contribution in [1.82, 2.24) is 10.3 Å². The van der Waals surface area contributed by atoms with Crippen molar-refractivity contribution in [3.63, 3.8) is 0 Å². The highest BCUT2D eigenvalue weighted by atomic mass is 16.5. The number of benzene rings is 1. The molecule has 0 spiro atoms. The second-order valence-electron chi connectivity index (χ2n) is 6.50. The van der Waals surface area contributed by atoms with E-state index in [1.165, 1.54) is 0 Å². The number of aromatic nitrogens is 1. The van der Waals surface area contributed by atoms with Crippen LogP contribution in [0, 0.1) is 5.41 Å². The smallest absolute Gasteiger partial charge is 0.319 e. The van der Waals surface area contributed by atoms with E-state index in [4.69, 9.17) is 4.74 Å². The Morgan fingerprint density at radius 3 is 2.39 bits per heavy atom. The summed E-state index contributed by atoms with van der Waals surface area (Å²) >= 11 is 0. The van der Waals surface area contributed by atoms with Gasteiger partial charge in [-0.05, 0) is 48.7 Å².